The molecule has 9 heteroatoms. The lowest BCUT2D eigenvalue weighted by atomic mass is 10.2. The van der Waals surface area contributed by atoms with Crippen LogP contribution in [0, 0.1) is 0 Å². The van der Waals surface area contributed by atoms with Crippen LogP contribution < -0.4 is 0 Å². The molecule has 0 spiro atoms. The number of thiazole rings is 1. The smallest absolute Gasteiger partial charge is 0.228 e. The zero-order valence-electron chi connectivity index (χ0n) is 14.6. The summed E-state index contributed by atoms with van der Waals surface area (Å²) in [5.74, 6) is 0.153. The molecule has 142 valence electrons. The van der Waals surface area contributed by atoms with Gasteiger partial charge in [-0.05, 0) is 24.3 Å². The fraction of sp³-hybridized carbons (Fsp3) is 0.529. The van der Waals surface area contributed by atoms with Crippen molar-refractivity contribution in [2.24, 2.45) is 0 Å². The van der Waals surface area contributed by atoms with Gasteiger partial charge < -0.3 is 9.64 Å². The van der Waals surface area contributed by atoms with Crippen LogP contribution in [0.25, 0.3) is 9.88 Å². The Bertz CT molecular complexity index is 830. The van der Waals surface area contributed by atoms with Crippen LogP contribution in [-0.4, -0.2) is 62.0 Å². The van der Waals surface area contributed by atoms with E-state index in [4.69, 9.17) is 4.74 Å². The molecule has 0 saturated carbocycles. The summed E-state index contributed by atoms with van der Waals surface area (Å²) < 4.78 is 28.7. The summed E-state index contributed by atoms with van der Waals surface area (Å²) in [5, 5.41) is 4.82. The third kappa shape index (κ3) is 4.91. The van der Waals surface area contributed by atoms with Gasteiger partial charge in [0.25, 0.3) is 0 Å². The Morgan fingerprint density at radius 2 is 2.27 bits per heavy atom. The number of sulfone groups is 1. The highest BCUT2D eigenvalue weighted by Crippen LogP contribution is 2.28. The molecule has 1 fully saturated rings. The molecule has 6 nitrogen and oxygen atoms in total. The molecule has 2 aromatic rings. The molecule has 1 saturated heterocycles. The second-order valence-electron chi connectivity index (χ2n) is 6.29. The lowest BCUT2D eigenvalue weighted by molar-refractivity contribution is -0.132. The highest BCUT2D eigenvalue weighted by Gasteiger charge is 2.34. The van der Waals surface area contributed by atoms with Crippen molar-refractivity contribution in [3.63, 3.8) is 0 Å². The zero-order valence-corrected chi connectivity index (χ0v) is 17.0. The van der Waals surface area contributed by atoms with Gasteiger partial charge in [0.15, 0.2) is 9.84 Å². The summed E-state index contributed by atoms with van der Waals surface area (Å²) in [4.78, 5) is 20.2. The number of hydrogen-bond donors (Lipinski definition) is 0. The molecule has 3 heterocycles. The number of carbonyl (C=O) groups is 1. The van der Waals surface area contributed by atoms with Gasteiger partial charge in [0.05, 0.1) is 28.5 Å². The maximum atomic E-state index is 12.9. The maximum absolute atomic E-state index is 12.9. The summed E-state index contributed by atoms with van der Waals surface area (Å²) in [6, 6.07) is 3.75. The van der Waals surface area contributed by atoms with Gasteiger partial charge in [-0.1, -0.05) is 6.07 Å². The lowest BCUT2D eigenvalue weighted by Crippen LogP contribution is -2.43. The Balaban J connectivity index is 1.68. The largest absolute Gasteiger partial charge is 0.385 e. The fourth-order valence-corrected chi connectivity index (χ4v) is 6.43. The van der Waals surface area contributed by atoms with E-state index in [1.807, 2.05) is 22.9 Å². The van der Waals surface area contributed by atoms with Crippen molar-refractivity contribution in [3.05, 3.63) is 28.6 Å². The first-order valence-corrected chi connectivity index (χ1v) is 12.0. The fourth-order valence-electron chi connectivity index (χ4n) is 3.07. The van der Waals surface area contributed by atoms with Crippen LogP contribution in [0.15, 0.2) is 22.9 Å². The van der Waals surface area contributed by atoms with Gasteiger partial charge in [0.2, 0.25) is 5.91 Å². The molecule has 1 aliphatic heterocycles. The van der Waals surface area contributed by atoms with Crippen molar-refractivity contribution in [1.29, 1.82) is 0 Å². The average molecular weight is 415 g/mol. The summed E-state index contributed by atoms with van der Waals surface area (Å²) in [7, 11) is -1.42. The topological polar surface area (TPSA) is 76.6 Å². The minimum atomic E-state index is -3.04. The quantitative estimate of drug-likeness (QED) is 0.620. The molecule has 0 bridgehead atoms. The van der Waals surface area contributed by atoms with E-state index in [0.717, 1.165) is 15.6 Å². The molecule has 0 aliphatic carbocycles. The number of amides is 1. The van der Waals surface area contributed by atoms with Crippen LogP contribution in [0.5, 0.6) is 0 Å². The second-order valence-corrected chi connectivity index (χ2v) is 10.3. The summed E-state index contributed by atoms with van der Waals surface area (Å²) in [6.45, 7) is 1.05. The Morgan fingerprint density at radius 3 is 2.92 bits per heavy atom. The predicted octanol–water partition coefficient (Wildman–Crippen LogP) is 2.47. The highest BCUT2D eigenvalue weighted by atomic mass is 32.2. The normalized spacial score (nSPS) is 18.9. The minimum absolute atomic E-state index is 0.0588. The molecule has 0 aromatic carbocycles. The van der Waals surface area contributed by atoms with Gasteiger partial charge >= 0.3 is 0 Å². The van der Waals surface area contributed by atoms with Gasteiger partial charge in [-0.15, -0.1) is 22.7 Å². The Morgan fingerprint density at radius 1 is 1.42 bits per heavy atom. The molecule has 3 rings (SSSR count). The summed E-state index contributed by atoms with van der Waals surface area (Å²) in [5.41, 5.74) is 0.737. The van der Waals surface area contributed by atoms with Gasteiger partial charge in [-0.2, -0.15) is 0 Å². The molecule has 1 aliphatic rings. The van der Waals surface area contributed by atoms with E-state index in [0.29, 0.717) is 26.0 Å². The summed E-state index contributed by atoms with van der Waals surface area (Å²) in [6.07, 6.45) is 1.40. The van der Waals surface area contributed by atoms with Crippen molar-refractivity contribution in [3.8, 4) is 9.88 Å². The second kappa shape index (κ2) is 8.60. The number of aromatic nitrogens is 1. The molecular weight excluding hydrogens is 392 g/mol. The van der Waals surface area contributed by atoms with Crippen LogP contribution in [0.3, 0.4) is 0 Å². The Hall–Kier alpha value is -1.29. The lowest BCUT2D eigenvalue weighted by Gasteiger charge is -2.28. The first-order chi connectivity index (χ1) is 12.5. The molecule has 0 N–H and O–H groups in total. The molecular formula is C17H22N2O4S3. The third-order valence-corrected chi connectivity index (χ3v) is 8.01. The number of carbonyl (C=O) groups excluding carboxylic acids is 1. The van der Waals surface area contributed by atoms with Crippen molar-refractivity contribution in [2.45, 2.75) is 25.3 Å². The van der Waals surface area contributed by atoms with Crippen LogP contribution in [0.2, 0.25) is 0 Å². The van der Waals surface area contributed by atoms with Crippen LogP contribution in [0.4, 0.5) is 0 Å². The zero-order chi connectivity index (χ0) is 18.6. The van der Waals surface area contributed by atoms with Gasteiger partial charge in [0.1, 0.15) is 5.01 Å². The molecule has 26 heavy (non-hydrogen) atoms. The van der Waals surface area contributed by atoms with Crippen molar-refractivity contribution < 1.29 is 17.9 Å². The van der Waals surface area contributed by atoms with Crippen molar-refractivity contribution in [2.75, 3.05) is 31.8 Å². The van der Waals surface area contributed by atoms with Crippen LogP contribution in [-0.2, 0) is 25.8 Å². The Labute approximate surface area is 161 Å². The van der Waals surface area contributed by atoms with Crippen LogP contribution in [0.1, 0.15) is 18.5 Å². The average Bonchev–Trinajstić information content (AvgIpc) is 3.32. The van der Waals surface area contributed by atoms with E-state index in [1.165, 1.54) is 11.3 Å². The Kier molecular flexibility index (Phi) is 6.44. The van der Waals surface area contributed by atoms with E-state index in [9.17, 15) is 13.2 Å². The molecule has 1 amide bonds. The van der Waals surface area contributed by atoms with Gasteiger partial charge in [-0.25, -0.2) is 13.4 Å². The van der Waals surface area contributed by atoms with Gasteiger partial charge in [0, 0.05) is 31.7 Å². The predicted molar refractivity (Wildman–Crippen MR) is 104 cm³/mol. The molecule has 2 aromatic heterocycles. The van der Waals surface area contributed by atoms with E-state index in [-0.39, 0.29) is 29.9 Å². The van der Waals surface area contributed by atoms with E-state index >= 15 is 0 Å². The number of ether oxygens (including phenoxy) is 1. The first kappa shape index (κ1) is 19.5. The van der Waals surface area contributed by atoms with Gasteiger partial charge in [-0.3, -0.25) is 4.79 Å². The van der Waals surface area contributed by atoms with Crippen LogP contribution >= 0.6 is 22.7 Å². The number of rotatable bonds is 8. The van der Waals surface area contributed by atoms with E-state index in [2.05, 4.69) is 4.98 Å². The maximum Gasteiger partial charge on any atom is 0.228 e. The molecule has 0 radical (unpaired) electrons. The monoisotopic (exact) mass is 414 g/mol. The highest BCUT2D eigenvalue weighted by molar-refractivity contribution is 7.91. The van der Waals surface area contributed by atoms with Crippen molar-refractivity contribution >= 4 is 38.4 Å². The molecule has 1 atom stereocenters. The minimum Gasteiger partial charge on any atom is -0.385 e. The van der Waals surface area contributed by atoms with Crippen molar-refractivity contribution in [1.82, 2.24) is 9.88 Å². The first-order valence-electron chi connectivity index (χ1n) is 8.45. The standard InChI is InChI=1S/C17H22N2O4S3/c1-23-7-3-6-19(14-5-9-26(21,22)12-14)16(20)10-13-11-25-17(18-13)15-4-2-8-24-15/h2,4,8,11,14H,3,5-7,9-10,12H2,1H3. The number of hydrogen-bond acceptors (Lipinski definition) is 7. The van der Waals surface area contributed by atoms with E-state index in [1.54, 1.807) is 23.3 Å². The number of methoxy groups -OCH3 is 1. The van der Waals surface area contributed by atoms with E-state index < -0.39 is 9.84 Å². The SMILES string of the molecule is COCCCN(C(=O)Cc1csc(-c2cccs2)n1)C1CCS(=O)(=O)C1. The number of nitrogens with zero attached hydrogens (tertiary/aromatic N) is 2. The third-order valence-electron chi connectivity index (χ3n) is 4.33. The molecule has 1 unspecified atom stereocenters. The number of thiophene rings is 1. The summed E-state index contributed by atoms with van der Waals surface area (Å²) >= 11 is 3.15.